The molecule has 28 heavy (non-hydrogen) atoms. The Balaban J connectivity index is 0.000000283. The maximum absolute atomic E-state index is 10.4. The minimum Gasteiger partial charge on any atom is -0.481 e. The highest BCUT2D eigenvalue weighted by molar-refractivity contribution is 5.21. The van der Waals surface area contributed by atoms with Gasteiger partial charge in [0.2, 0.25) is 17.8 Å². The minimum atomic E-state index is -1.15. The molecule has 0 fully saturated rings. The molecule has 0 bridgehead atoms. The van der Waals surface area contributed by atoms with Gasteiger partial charge in [0.15, 0.2) is 0 Å². The fourth-order valence-corrected chi connectivity index (χ4v) is 2.07. The third-order valence-electron chi connectivity index (χ3n) is 3.91. The highest BCUT2D eigenvalue weighted by atomic mass is 16.6. The number of hydrogen-bond acceptors (Lipinski definition) is 9. The van der Waals surface area contributed by atoms with Gasteiger partial charge < -0.3 is 25.4 Å². The molecular formula is C18H26N4O6. The van der Waals surface area contributed by atoms with Crippen molar-refractivity contribution in [1.29, 1.82) is 0 Å². The number of rotatable bonds is 7. The van der Waals surface area contributed by atoms with Crippen LogP contribution in [0.2, 0.25) is 0 Å². The number of nitro groups is 1. The van der Waals surface area contributed by atoms with Crippen LogP contribution in [0.3, 0.4) is 0 Å². The summed E-state index contributed by atoms with van der Waals surface area (Å²) in [6.45, 7) is 3.09. The maximum atomic E-state index is 10.4. The van der Waals surface area contributed by atoms with E-state index < -0.39 is 23.2 Å². The van der Waals surface area contributed by atoms with E-state index in [4.69, 9.17) is 15.2 Å². The van der Waals surface area contributed by atoms with Crippen LogP contribution in [0.5, 0.6) is 11.8 Å². The van der Waals surface area contributed by atoms with E-state index in [1.807, 2.05) is 0 Å². The summed E-state index contributed by atoms with van der Waals surface area (Å²) in [5.74, 6) is 0.931. The number of nitrogens with zero attached hydrogens (tertiary/aromatic N) is 3. The fraction of sp³-hybridized carbons (Fsp3) is 0.444. The van der Waals surface area contributed by atoms with Crippen LogP contribution < -0.4 is 15.2 Å². The van der Waals surface area contributed by atoms with Crippen LogP contribution in [0.1, 0.15) is 37.2 Å². The van der Waals surface area contributed by atoms with E-state index in [-0.39, 0.29) is 6.04 Å². The Morgan fingerprint density at radius 3 is 1.68 bits per heavy atom. The topological polar surface area (TPSA) is 154 Å². The van der Waals surface area contributed by atoms with E-state index >= 15 is 0 Å². The van der Waals surface area contributed by atoms with Crippen molar-refractivity contribution < 1.29 is 24.6 Å². The van der Waals surface area contributed by atoms with Crippen molar-refractivity contribution in [2.75, 3.05) is 14.2 Å². The summed E-state index contributed by atoms with van der Waals surface area (Å²) in [4.78, 5) is 17.7. The fourth-order valence-electron chi connectivity index (χ4n) is 2.07. The molecule has 0 aliphatic heterocycles. The summed E-state index contributed by atoms with van der Waals surface area (Å²) in [6, 6.07) is 5.19. The summed E-state index contributed by atoms with van der Waals surface area (Å²) < 4.78 is 9.72. The summed E-state index contributed by atoms with van der Waals surface area (Å²) >= 11 is 0. The van der Waals surface area contributed by atoms with Gasteiger partial charge in [0.1, 0.15) is 6.10 Å². The predicted octanol–water partition coefficient (Wildman–Crippen LogP) is 1.26. The lowest BCUT2D eigenvalue weighted by molar-refractivity contribution is -0.531. The normalized spacial score (nSPS) is 14.7. The Kier molecular flexibility index (Phi) is 9.22. The molecule has 4 N–H and O–H groups in total. The van der Waals surface area contributed by atoms with Crippen LogP contribution in [-0.2, 0) is 0 Å². The predicted molar refractivity (Wildman–Crippen MR) is 102 cm³/mol. The first-order valence-electron chi connectivity index (χ1n) is 8.46. The van der Waals surface area contributed by atoms with Crippen LogP contribution in [0.4, 0.5) is 0 Å². The second kappa shape index (κ2) is 11.1. The smallest absolute Gasteiger partial charge is 0.240 e. The zero-order valence-corrected chi connectivity index (χ0v) is 16.2. The lowest BCUT2D eigenvalue weighted by atomic mass is 10.1. The second-order valence-electron chi connectivity index (χ2n) is 6.04. The second-order valence-corrected chi connectivity index (χ2v) is 6.04. The molecular weight excluding hydrogens is 368 g/mol. The third-order valence-corrected chi connectivity index (χ3v) is 3.91. The highest BCUT2D eigenvalue weighted by Crippen LogP contribution is 2.19. The lowest BCUT2D eigenvalue weighted by Crippen LogP contribution is -2.24. The van der Waals surface area contributed by atoms with Crippen molar-refractivity contribution in [2.45, 2.75) is 38.1 Å². The van der Waals surface area contributed by atoms with Crippen molar-refractivity contribution in [3.05, 3.63) is 57.9 Å². The number of aromatic nitrogens is 2. The molecule has 154 valence electrons. The maximum Gasteiger partial charge on any atom is 0.240 e. The van der Waals surface area contributed by atoms with Crippen molar-refractivity contribution in [2.24, 2.45) is 5.73 Å². The van der Waals surface area contributed by atoms with Crippen molar-refractivity contribution >= 4 is 0 Å². The molecule has 4 atom stereocenters. The molecule has 10 nitrogen and oxygen atoms in total. The van der Waals surface area contributed by atoms with Gasteiger partial charge in [-0.05, 0) is 19.1 Å². The highest BCUT2D eigenvalue weighted by Gasteiger charge is 2.25. The SMILES string of the molecule is COc1ccc(C(O)C(C)N)cn1.COc1ccc(C(O)C(C)[N+](=O)[O-])cn1. The van der Waals surface area contributed by atoms with E-state index in [1.54, 1.807) is 44.5 Å². The molecule has 0 amide bonds. The largest absolute Gasteiger partial charge is 0.481 e. The standard InChI is InChI=1S/C9H12N2O4.C9H14N2O2/c1-6(11(13)14)9(12)7-3-4-8(15-2)10-5-7;1-6(10)9(12)7-3-4-8(13-2)11-5-7/h3-6,9,12H,1-2H3;3-6,9,12H,10H2,1-2H3. The van der Waals surface area contributed by atoms with Gasteiger partial charge in [-0.2, -0.15) is 0 Å². The van der Waals surface area contributed by atoms with Gasteiger partial charge in [-0.15, -0.1) is 0 Å². The van der Waals surface area contributed by atoms with Gasteiger partial charge >= 0.3 is 0 Å². The average molecular weight is 394 g/mol. The van der Waals surface area contributed by atoms with Crippen molar-refractivity contribution in [3.8, 4) is 11.8 Å². The van der Waals surface area contributed by atoms with E-state index in [0.29, 0.717) is 22.9 Å². The van der Waals surface area contributed by atoms with Gasteiger partial charge in [-0.25, -0.2) is 9.97 Å². The zero-order valence-electron chi connectivity index (χ0n) is 16.2. The molecule has 0 saturated carbocycles. The minimum absolute atomic E-state index is 0.296. The molecule has 2 aromatic rings. The number of nitrogens with two attached hydrogens (primary N) is 1. The van der Waals surface area contributed by atoms with Gasteiger partial charge in [0, 0.05) is 53.5 Å². The van der Waals surface area contributed by atoms with Gasteiger partial charge in [-0.1, -0.05) is 0 Å². The molecule has 2 rings (SSSR count). The van der Waals surface area contributed by atoms with E-state index in [1.165, 1.54) is 20.2 Å². The van der Waals surface area contributed by atoms with E-state index in [0.717, 1.165) is 0 Å². The van der Waals surface area contributed by atoms with Crippen LogP contribution >= 0.6 is 0 Å². The molecule has 0 aliphatic carbocycles. The van der Waals surface area contributed by atoms with Gasteiger partial charge in [0.25, 0.3) is 0 Å². The summed E-state index contributed by atoms with van der Waals surface area (Å²) in [6.07, 6.45) is 1.10. The summed E-state index contributed by atoms with van der Waals surface area (Å²) in [5, 5.41) is 29.6. The Hall–Kier alpha value is -2.82. The Labute approximate surface area is 163 Å². The Bertz CT molecular complexity index is 724. The first-order valence-corrected chi connectivity index (χ1v) is 8.46. The van der Waals surface area contributed by atoms with Crippen LogP contribution in [0, 0.1) is 10.1 Å². The van der Waals surface area contributed by atoms with E-state index in [9.17, 15) is 20.3 Å². The first kappa shape index (κ1) is 23.2. The molecule has 0 saturated heterocycles. The summed E-state index contributed by atoms with van der Waals surface area (Å²) in [7, 11) is 3.02. The molecule has 0 spiro atoms. The Morgan fingerprint density at radius 2 is 1.39 bits per heavy atom. The number of ether oxygens (including phenoxy) is 2. The van der Waals surface area contributed by atoms with Crippen LogP contribution in [0.25, 0.3) is 0 Å². The van der Waals surface area contributed by atoms with E-state index in [2.05, 4.69) is 9.97 Å². The van der Waals surface area contributed by atoms with Gasteiger partial charge in [0.05, 0.1) is 20.3 Å². The lowest BCUT2D eigenvalue weighted by Gasteiger charge is -2.14. The molecule has 2 heterocycles. The molecule has 10 heteroatoms. The van der Waals surface area contributed by atoms with Crippen LogP contribution in [-0.4, -0.2) is 51.4 Å². The first-order chi connectivity index (χ1) is 13.2. The molecule has 0 radical (unpaired) electrons. The number of pyridine rings is 2. The molecule has 2 aromatic heterocycles. The third kappa shape index (κ3) is 6.72. The zero-order chi connectivity index (χ0) is 21.3. The summed E-state index contributed by atoms with van der Waals surface area (Å²) in [5.41, 5.74) is 6.64. The number of aliphatic hydroxyl groups is 2. The molecule has 0 aromatic carbocycles. The monoisotopic (exact) mass is 394 g/mol. The van der Waals surface area contributed by atoms with Crippen molar-refractivity contribution in [3.63, 3.8) is 0 Å². The molecule has 4 unspecified atom stereocenters. The quantitative estimate of drug-likeness (QED) is 0.465. The van der Waals surface area contributed by atoms with Crippen LogP contribution in [0.15, 0.2) is 36.7 Å². The molecule has 0 aliphatic rings. The van der Waals surface area contributed by atoms with Crippen molar-refractivity contribution in [1.82, 2.24) is 9.97 Å². The Morgan fingerprint density at radius 1 is 0.964 bits per heavy atom. The number of aliphatic hydroxyl groups excluding tert-OH is 2. The number of hydrogen-bond donors (Lipinski definition) is 3. The van der Waals surface area contributed by atoms with Gasteiger partial charge in [-0.3, -0.25) is 10.1 Å². The number of methoxy groups -OCH3 is 2. The average Bonchev–Trinajstić information content (AvgIpc) is 2.72.